The lowest BCUT2D eigenvalue weighted by Gasteiger charge is -2.09. The van der Waals surface area contributed by atoms with Crippen molar-refractivity contribution in [2.24, 2.45) is 5.73 Å². The van der Waals surface area contributed by atoms with Gasteiger partial charge in [0.25, 0.3) is 5.91 Å². The van der Waals surface area contributed by atoms with Crippen LogP contribution in [0.1, 0.15) is 41.4 Å². The lowest BCUT2D eigenvalue weighted by Crippen LogP contribution is -2.12. The highest BCUT2D eigenvalue weighted by molar-refractivity contribution is 7.99. The minimum absolute atomic E-state index is 0.447. The van der Waals surface area contributed by atoms with Gasteiger partial charge in [-0.1, -0.05) is 61.5 Å². The number of anilines is 1. The maximum absolute atomic E-state index is 12.0. The number of aromatic nitrogens is 1. The second kappa shape index (κ2) is 9.75. The molecule has 4 rings (SSSR count). The lowest BCUT2D eigenvalue weighted by atomic mass is 10.1. The first-order chi connectivity index (χ1) is 15.1. The molecule has 1 heterocycles. The van der Waals surface area contributed by atoms with Gasteiger partial charge in [-0.2, -0.15) is 0 Å². The van der Waals surface area contributed by atoms with Crippen molar-refractivity contribution in [3.63, 3.8) is 0 Å². The van der Waals surface area contributed by atoms with Crippen LogP contribution < -0.4 is 11.1 Å². The molecule has 0 aliphatic rings. The number of carbonyl (C=O) groups is 1. The molecule has 0 saturated carbocycles. The number of nitrogens with two attached hydrogens (primary N) is 1. The van der Waals surface area contributed by atoms with Crippen molar-refractivity contribution >= 4 is 34.3 Å². The highest BCUT2D eigenvalue weighted by atomic mass is 32.2. The van der Waals surface area contributed by atoms with Crippen molar-refractivity contribution in [2.45, 2.75) is 42.5 Å². The number of aromatic amines is 1. The average Bonchev–Trinajstić information content (AvgIpc) is 3.15. The topological polar surface area (TPSA) is 70.9 Å². The predicted octanol–water partition coefficient (Wildman–Crippen LogP) is 6.37. The summed E-state index contributed by atoms with van der Waals surface area (Å²) in [7, 11) is 0. The van der Waals surface area contributed by atoms with E-state index in [1.54, 1.807) is 11.8 Å². The number of H-pyrrole nitrogens is 1. The van der Waals surface area contributed by atoms with Crippen LogP contribution in [0.25, 0.3) is 10.9 Å². The Morgan fingerprint density at radius 3 is 2.45 bits per heavy atom. The van der Waals surface area contributed by atoms with Gasteiger partial charge in [0.15, 0.2) is 0 Å². The molecular weight excluding hydrogens is 402 g/mol. The van der Waals surface area contributed by atoms with Gasteiger partial charge in [-0.05, 0) is 60.4 Å². The molecule has 0 bridgehead atoms. The fraction of sp³-hybridized carbons (Fsp3) is 0.192. The summed E-state index contributed by atoms with van der Waals surface area (Å²) in [5.74, 6) is -0.447. The third-order valence-electron chi connectivity index (χ3n) is 5.29. The summed E-state index contributed by atoms with van der Waals surface area (Å²) in [6.45, 7) is 2.92. The Hall–Kier alpha value is -3.18. The quantitative estimate of drug-likeness (QED) is 0.289. The zero-order valence-electron chi connectivity index (χ0n) is 17.7. The van der Waals surface area contributed by atoms with Crippen LogP contribution in [0.3, 0.4) is 0 Å². The second-order valence-electron chi connectivity index (χ2n) is 7.64. The van der Waals surface area contributed by atoms with Gasteiger partial charge < -0.3 is 16.0 Å². The van der Waals surface area contributed by atoms with E-state index in [-0.39, 0.29) is 0 Å². The molecule has 4 aromatic rings. The van der Waals surface area contributed by atoms with Crippen molar-refractivity contribution in [1.82, 2.24) is 4.98 Å². The zero-order chi connectivity index (χ0) is 21.6. The molecule has 0 unspecified atom stereocenters. The summed E-state index contributed by atoms with van der Waals surface area (Å²) in [4.78, 5) is 17.2. The van der Waals surface area contributed by atoms with Crippen molar-refractivity contribution in [3.05, 3.63) is 89.6 Å². The van der Waals surface area contributed by atoms with Crippen molar-refractivity contribution in [1.29, 1.82) is 0 Å². The van der Waals surface area contributed by atoms with E-state index >= 15 is 0 Å². The van der Waals surface area contributed by atoms with E-state index in [9.17, 15) is 4.79 Å². The van der Waals surface area contributed by atoms with Gasteiger partial charge in [0.2, 0.25) is 0 Å². The summed E-state index contributed by atoms with van der Waals surface area (Å²) in [6, 6.07) is 24.9. The minimum atomic E-state index is -0.447. The van der Waals surface area contributed by atoms with Gasteiger partial charge in [-0.25, -0.2) is 0 Å². The number of rotatable bonds is 9. The Morgan fingerprint density at radius 2 is 1.74 bits per heavy atom. The van der Waals surface area contributed by atoms with E-state index in [4.69, 9.17) is 5.73 Å². The molecule has 0 aliphatic heterocycles. The molecule has 0 spiro atoms. The first-order valence-corrected chi connectivity index (χ1v) is 11.5. The van der Waals surface area contributed by atoms with Crippen LogP contribution in [0.4, 0.5) is 5.69 Å². The standard InChI is InChI=1S/C26H27N3OS/c1-2-3-7-18-10-13-20(14-11-18)28-17-19-12-15-23-22(16-19)25(24(29-23)26(27)30)31-21-8-5-4-6-9-21/h4-6,8-16,28-29H,2-3,7,17H2,1H3,(H2,27,30). The fourth-order valence-corrected chi connectivity index (χ4v) is 4.65. The molecule has 1 aromatic heterocycles. The van der Waals surface area contributed by atoms with Gasteiger partial charge in [0.1, 0.15) is 5.69 Å². The number of carbonyl (C=O) groups excluding carboxylic acids is 1. The Bertz CT molecular complexity index is 1170. The minimum Gasteiger partial charge on any atom is -0.381 e. The highest BCUT2D eigenvalue weighted by Crippen LogP contribution is 2.37. The van der Waals surface area contributed by atoms with Gasteiger partial charge in [0, 0.05) is 28.0 Å². The number of hydrogen-bond acceptors (Lipinski definition) is 3. The van der Waals surface area contributed by atoms with Crippen LogP contribution in [0.15, 0.2) is 82.6 Å². The van der Waals surface area contributed by atoms with Gasteiger partial charge in [-0.3, -0.25) is 4.79 Å². The normalized spacial score (nSPS) is 11.0. The lowest BCUT2D eigenvalue weighted by molar-refractivity contribution is 0.0993. The van der Waals surface area contributed by atoms with Crippen molar-refractivity contribution in [2.75, 3.05) is 5.32 Å². The summed E-state index contributed by atoms with van der Waals surface area (Å²) >= 11 is 1.56. The number of amides is 1. The average molecular weight is 430 g/mol. The van der Waals surface area contributed by atoms with Crippen LogP contribution >= 0.6 is 11.8 Å². The summed E-state index contributed by atoms with van der Waals surface area (Å²) < 4.78 is 0. The molecule has 0 saturated heterocycles. The molecule has 1 amide bonds. The molecule has 3 aromatic carbocycles. The molecule has 5 heteroatoms. The summed E-state index contributed by atoms with van der Waals surface area (Å²) in [5, 5.41) is 4.51. The molecule has 0 atom stereocenters. The predicted molar refractivity (Wildman–Crippen MR) is 130 cm³/mol. The molecule has 158 valence electrons. The van der Waals surface area contributed by atoms with Crippen LogP contribution in [-0.4, -0.2) is 10.9 Å². The maximum Gasteiger partial charge on any atom is 0.266 e. The molecule has 0 aliphatic carbocycles. The number of hydrogen-bond donors (Lipinski definition) is 3. The smallest absolute Gasteiger partial charge is 0.266 e. The van der Waals surface area contributed by atoms with Crippen LogP contribution in [0.5, 0.6) is 0 Å². The SMILES string of the molecule is CCCCc1ccc(NCc2ccc3[nH]c(C(N)=O)c(Sc4ccccc4)c3c2)cc1. The van der Waals surface area contributed by atoms with E-state index in [1.165, 1.54) is 18.4 Å². The number of nitrogens with one attached hydrogen (secondary N) is 2. The Kier molecular flexibility index (Phi) is 6.63. The number of benzene rings is 3. The van der Waals surface area contributed by atoms with Crippen LogP contribution in [-0.2, 0) is 13.0 Å². The van der Waals surface area contributed by atoms with Crippen molar-refractivity contribution in [3.8, 4) is 0 Å². The van der Waals surface area contributed by atoms with Gasteiger partial charge >= 0.3 is 0 Å². The summed E-state index contributed by atoms with van der Waals surface area (Å²) in [5.41, 5.74) is 10.6. The maximum atomic E-state index is 12.0. The molecule has 0 radical (unpaired) electrons. The van der Waals surface area contributed by atoms with Crippen molar-refractivity contribution < 1.29 is 4.79 Å². The van der Waals surface area contributed by atoms with Gasteiger partial charge in [0.05, 0.1) is 4.90 Å². The van der Waals surface area contributed by atoms with Crippen LogP contribution in [0, 0.1) is 0 Å². The molecular formula is C26H27N3OS. The Morgan fingerprint density at radius 1 is 1.00 bits per heavy atom. The third-order valence-corrected chi connectivity index (χ3v) is 6.43. The zero-order valence-corrected chi connectivity index (χ0v) is 18.5. The first kappa shape index (κ1) is 21.1. The molecule has 31 heavy (non-hydrogen) atoms. The molecule has 0 fully saturated rings. The number of primary amides is 1. The fourth-order valence-electron chi connectivity index (χ4n) is 3.58. The molecule has 4 N–H and O–H groups in total. The van der Waals surface area contributed by atoms with E-state index in [1.807, 2.05) is 36.4 Å². The Labute approximate surface area is 187 Å². The molecule has 4 nitrogen and oxygen atoms in total. The van der Waals surface area contributed by atoms with E-state index in [0.717, 1.165) is 38.4 Å². The summed E-state index contributed by atoms with van der Waals surface area (Å²) in [6.07, 6.45) is 3.56. The Balaban J connectivity index is 1.55. The number of aryl methyl sites for hydroxylation is 1. The van der Waals surface area contributed by atoms with Crippen LogP contribution in [0.2, 0.25) is 0 Å². The van der Waals surface area contributed by atoms with Gasteiger partial charge in [-0.15, -0.1) is 0 Å². The second-order valence-corrected chi connectivity index (χ2v) is 8.73. The monoisotopic (exact) mass is 429 g/mol. The first-order valence-electron chi connectivity index (χ1n) is 10.6. The largest absolute Gasteiger partial charge is 0.381 e. The highest BCUT2D eigenvalue weighted by Gasteiger charge is 2.17. The van der Waals surface area contributed by atoms with E-state index in [0.29, 0.717) is 12.2 Å². The third kappa shape index (κ3) is 5.12. The number of unbranched alkanes of at least 4 members (excludes halogenated alkanes) is 1. The van der Waals surface area contributed by atoms with E-state index in [2.05, 4.69) is 53.6 Å². The number of fused-ring (bicyclic) bond motifs is 1. The van der Waals surface area contributed by atoms with E-state index < -0.39 is 5.91 Å².